The van der Waals surface area contributed by atoms with Crippen LogP contribution in [0.2, 0.25) is 0 Å². The van der Waals surface area contributed by atoms with E-state index >= 15 is 0 Å². The molecule has 3 N–H and O–H groups in total. The Hall–Kier alpha value is -4.01. The molecule has 1 atom stereocenters. The Balaban J connectivity index is 1.46. The average molecular weight is 420 g/mol. The topological polar surface area (TPSA) is 105 Å². The second-order valence-electron chi connectivity index (χ2n) is 7.09. The van der Waals surface area contributed by atoms with Crippen molar-refractivity contribution >= 4 is 28.6 Å². The smallest absolute Gasteiger partial charge is 0.412 e. The van der Waals surface area contributed by atoms with Gasteiger partial charge in [0.15, 0.2) is 5.82 Å². The Morgan fingerprint density at radius 1 is 1.13 bits per heavy atom. The number of ether oxygens (including phenoxy) is 1. The van der Waals surface area contributed by atoms with Crippen LogP contribution in [0, 0.1) is 5.82 Å². The van der Waals surface area contributed by atoms with Crippen molar-refractivity contribution < 1.29 is 13.9 Å². The van der Waals surface area contributed by atoms with E-state index in [4.69, 9.17) is 0 Å². The number of rotatable bonds is 6. The summed E-state index contributed by atoms with van der Waals surface area (Å²) in [5, 5.41) is 22.1. The van der Waals surface area contributed by atoms with Gasteiger partial charge in [0.1, 0.15) is 11.6 Å². The summed E-state index contributed by atoms with van der Waals surface area (Å²) >= 11 is 0. The number of halogens is 1. The summed E-state index contributed by atoms with van der Waals surface area (Å²) < 4.78 is 17.7. The number of aromatic amines is 1. The molecule has 9 heteroatoms. The minimum atomic E-state index is -0.594. The normalized spacial score (nSPS) is 11.8. The van der Waals surface area contributed by atoms with Crippen molar-refractivity contribution in [1.82, 2.24) is 20.4 Å². The predicted octanol–water partition coefficient (Wildman–Crippen LogP) is 4.55. The average Bonchev–Trinajstić information content (AvgIpc) is 3.20. The molecule has 0 aliphatic carbocycles. The van der Waals surface area contributed by atoms with Crippen molar-refractivity contribution in [2.24, 2.45) is 0 Å². The summed E-state index contributed by atoms with van der Waals surface area (Å²) in [4.78, 5) is 11.5. The summed E-state index contributed by atoms with van der Waals surface area (Å²) in [6, 6.07) is 15.8. The molecule has 8 nitrogen and oxygen atoms in total. The van der Waals surface area contributed by atoms with Crippen LogP contribution in [-0.4, -0.2) is 40.1 Å². The molecule has 0 saturated carbocycles. The van der Waals surface area contributed by atoms with Gasteiger partial charge in [-0.1, -0.05) is 25.1 Å². The number of hydrogen-bond donors (Lipinski definition) is 3. The fraction of sp³-hybridized carbons (Fsp3) is 0.182. The third-order valence-corrected chi connectivity index (χ3v) is 4.96. The molecule has 0 saturated heterocycles. The number of methoxy groups -OCH3 is 1. The lowest BCUT2D eigenvalue weighted by Gasteiger charge is -2.13. The maximum atomic E-state index is 13.1. The van der Waals surface area contributed by atoms with Crippen molar-refractivity contribution in [3.05, 3.63) is 66.0 Å². The minimum absolute atomic E-state index is 0.186. The fourth-order valence-electron chi connectivity index (χ4n) is 3.16. The molecule has 158 valence electrons. The summed E-state index contributed by atoms with van der Waals surface area (Å²) in [5.41, 5.74) is 3.34. The van der Waals surface area contributed by atoms with Crippen molar-refractivity contribution in [3.63, 3.8) is 0 Å². The monoisotopic (exact) mass is 420 g/mol. The van der Waals surface area contributed by atoms with Gasteiger partial charge in [0.25, 0.3) is 0 Å². The molecule has 31 heavy (non-hydrogen) atoms. The van der Waals surface area contributed by atoms with E-state index in [-0.39, 0.29) is 11.7 Å². The second-order valence-corrected chi connectivity index (χ2v) is 7.09. The molecule has 0 radical (unpaired) electrons. The molecule has 0 fully saturated rings. The Morgan fingerprint density at radius 2 is 1.94 bits per heavy atom. The molecule has 1 amide bonds. The van der Waals surface area contributed by atoms with Crippen LogP contribution in [0.1, 0.15) is 18.4 Å². The largest absolute Gasteiger partial charge is 0.453 e. The van der Waals surface area contributed by atoms with Gasteiger partial charge in [-0.3, -0.25) is 10.4 Å². The van der Waals surface area contributed by atoms with E-state index in [0.717, 1.165) is 22.0 Å². The van der Waals surface area contributed by atoms with E-state index in [1.165, 1.54) is 19.2 Å². The number of carbonyl (C=O) groups is 1. The zero-order chi connectivity index (χ0) is 21.8. The van der Waals surface area contributed by atoms with Crippen molar-refractivity contribution in [2.45, 2.75) is 12.8 Å². The zero-order valence-corrected chi connectivity index (χ0v) is 17.0. The highest BCUT2D eigenvalue weighted by molar-refractivity contribution is 5.98. The summed E-state index contributed by atoms with van der Waals surface area (Å²) in [6.45, 7) is 2.70. The van der Waals surface area contributed by atoms with Crippen LogP contribution < -0.4 is 10.6 Å². The minimum Gasteiger partial charge on any atom is -0.453 e. The first-order valence-electron chi connectivity index (χ1n) is 9.70. The Kier molecular flexibility index (Phi) is 5.74. The number of H-pyrrole nitrogens is 1. The maximum Gasteiger partial charge on any atom is 0.412 e. The second kappa shape index (κ2) is 8.78. The van der Waals surface area contributed by atoms with Crippen molar-refractivity contribution in [1.29, 1.82) is 0 Å². The molecule has 0 aliphatic rings. The first-order valence-corrected chi connectivity index (χ1v) is 9.70. The van der Waals surface area contributed by atoms with Gasteiger partial charge < -0.3 is 10.1 Å². The van der Waals surface area contributed by atoms with Gasteiger partial charge in [0, 0.05) is 17.5 Å². The predicted molar refractivity (Wildman–Crippen MR) is 116 cm³/mol. The third-order valence-electron chi connectivity index (χ3n) is 4.96. The molecule has 2 aromatic carbocycles. The van der Waals surface area contributed by atoms with E-state index in [0.29, 0.717) is 23.9 Å². The van der Waals surface area contributed by atoms with Gasteiger partial charge in [-0.2, -0.15) is 5.10 Å². The van der Waals surface area contributed by atoms with E-state index in [1.807, 2.05) is 30.3 Å². The maximum absolute atomic E-state index is 13.1. The number of fused-ring (bicyclic) bond motifs is 1. The standard InChI is InChI=1S/C22H21FN6O2/c1-13(14-3-6-16(23)7-4-14)12-24-20-10-9-18(26-28-20)15-5-8-19-17(11-15)21(29-27-19)25-22(30)31-2/h3-11,13H,12H2,1-2H3,(H,24,28)(H2,25,27,29,30). The summed E-state index contributed by atoms with van der Waals surface area (Å²) in [7, 11) is 1.29. The van der Waals surface area contributed by atoms with Gasteiger partial charge in [-0.05, 0) is 47.9 Å². The SMILES string of the molecule is COC(=O)Nc1n[nH]c2ccc(-c3ccc(NCC(C)c4ccc(F)cc4)nn3)cc12. The summed E-state index contributed by atoms with van der Waals surface area (Å²) in [5.74, 6) is 0.971. The Labute approximate surface area is 177 Å². The van der Waals surface area contributed by atoms with Crippen LogP contribution in [0.5, 0.6) is 0 Å². The number of hydrogen-bond acceptors (Lipinski definition) is 6. The molecule has 2 heterocycles. The number of aromatic nitrogens is 4. The van der Waals surface area contributed by atoms with Gasteiger partial charge in [0.05, 0.1) is 18.3 Å². The van der Waals surface area contributed by atoms with E-state index in [9.17, 15) is 9.18 Å². The molecule has 0 bridgehead atoms. The molecular formula is C22H21FN6O2. The molecule has 4 rings (SSSR count). The lowest BCUT2D eigenvalue weighted by molar-refractivity contribution is 0.187. The van der Waals surface area contributed by atoms with Crippen LogP contribution in [0.4, 0.5) is 20.8 Å². The molecule has 1 unspecified atom stereocenters. The number of nitrogens with zero attached hydrogens (tertiary/aromatic N) is 3. The zero-order valence-electron chi connectivity index (χ0n) is 17.0. The lowest BCUT2D eigenvalue weighted by atomic mass is 10.0. The van der Waals surface area contributed by atoms with E-state index < -0.39 is 6.09 Å². The van der Waals surface area contributed by atoms with Crippen LogP contribution in [0.25, 0.3) is 22.2 Å². The van der Waals surface area contributed by atoms with Crippen LogP contribution in [0.15, 0.2) is 54.6 Å². The van der Waals surface area contributed by atoms with Crippen LogP contribution in [-0.2, 0) is 4.74 Å². The Bertz CT molecular complexity index is 1190. The fourth-order valence-corrected chi connectivity index (χ4v) is 3.16. The van der Waals surface area contributed by atoms with Gasteiger partial charge in [0.2, 0.25) is 0 Å². The van der Waals surface area contributed by atoms with Crippen molar-refractivity contribution in [2.75, 3.05) is 24.3 Å². The number of nitrogens with one attached hydrogen (secondary N) is 3. The number of carbonyl (C=O) groups excluding carboxylic acids is 1. The molecule has 2 aromatic heterocycles. The van der Waals surface area contributed by atoms with Gasteiger partial charge in [-0.15, -0.1) is 10.2 Å². The van der Waals surface area contributed by atoms with Gasteiger partial charge >= 0.3 is 6.09 Å². The lowest BCUT2D eigenvalue weighted by Crippen LogP contribution is -2.11. The van der Waals surface area contributed by atoms with E-state index in [1.54, 1.807) is 12.1 Å². The molecule has 0 aliphatic heterocycles. The summed E-state index contributed by atoms with van der Waals surface area (Å²) in [6.07, 6.45) is -0.594. The number of anilines is 2. The van der Waals surface area contributed by atoms with Crippen molar-refractivity contribution in [3.8, 4) is 11.3 Å². The third kappa shape index (κ3) is 4.61. The molecular weight excluding hydrogens is 399 g/mol. The highest BCUT2D eigenvalue weighted by Crippen LogP contribution is 2.27. The first kappa shape index (κ1) is 20.3. The van der Waals surface area contributed by atoms with Crippen LogP contribution >= 0.6 is 0 Å². The molecule has 4 aromatic rings. The van der Waals surface area contributed by atoms with Crippen LogP contribution in [0.3, 0.4) is 0 Å². The van der Waals surface area contributed by atoms with Gasteiger partial charge in [-0.25, -0.2) is 9.18 Å². The number of benzene rings is 2. The Morgan fingerprint density at radius 3 is 2.65 bits per heavy atom. The quantitative estimate of drug-likeness (QED) is 0.423. The highest BCUT2D eigenvalue weighted by atomic mass is 19.1. The molecule has 0 spiro atoms. The highest BCUT2D eigenvalue weighted by Gasteiger charge is 2.12. The number of amides is 1. The first-order chi connectivity index (χ1) is 15.0. The van der Waals surface area contributed by atoms with E-state index in [2.05, 4.69) is 42.7 Å².